The van der Waals surface area contributed by atoms with E-state index in [9.17, 15) is 9.59 Å². The number of rotatable bonds is 10. The third kappa shape index (κ3) is 5.28. The maximum atomic E-state index is 12.5. The molecule has 0 aliphatic heterocycles. The predicted octanol–water partition coefficient (Wildman–Crippen LogP) is 4.08. The third-order valence-electron chi connectivity index (χ3n) is 6.95. The second-order valence-corrected chi connectivity index (χ2v) is 9.94. The molecule has 4 aromatic heterocycles. The number of hydrogen-bond donors (Lipinski definition) is 2. The van der Waals surface area contributed by atoms with Crippen LogP contribution in [0.4, 0.5) is 11.6 Å². The molecule has 4 heterocycles. The highest BCUT2D eigenvalue weighted by Gasteiger charge is 2.30. The predicted molar refractivity (Wildman–Crippen MR) is 147 cm³/mol. The van der Waals surface area contributed by atoms with Crippen LogP contribution in [-0.2, 0) is 22.6 Å². The van der Waals surface area contributed by atoms with E-state index in [1.807, 2.05) is 0 Å². The molecule has 4 rings (SSSR count). The molecular formula is C27H35N7O6. The number of fused-ring (bicyclic) bond motifs is 2. The molecule has 40 heavy (non-hydrogen) atoms. The van der Waals surface area contributed by atoms with E-state index in [2.05, 4.69) is 45.6 Å². The number of nitrogens with two attached hydrogens (primary N) is 2. The summed E-state index contributed by atoms with van der Waals surface area (Å²) in [4.78, 5) is 45.2. The first-order chi connectivity index (χ1) is 18.9. The molecule has 0 spiro atoms. The van der Waals surface area contributed by atoms with Gasteiger partial charge >= 0.3 is 11.9 Å². The normalized spacial score (nSPS) is 12.0. The van der Waals surface area contributed by atoms with Crippen molar-refractivity contribution in [1.82, 2.24) is 24.8 Å². The van der Waals surface area contributed by atoms with Crippen molar-refractivity contribution in [3.8, 4) is 0 Å². The molecule has 0 amide bonds. The lowest BCUT2D eigenvalue weighted by Gasteiger charge is -2.37. The van der Waals surface area contributed by atoms with E-state index in [-0.39, 0.29) is 66.0 Å². The summed E-state index contributed by atoms with van der Waals surface area (Å²) in [5, 5.41) is 0.654. The molecule has 0 aromatic carbocycles. The highest BCUT2D eigenvalue weighted by molar-refractivity contribution is 6.08. The van der Waals surface area contributed by atoms with E-state index in [0.29, 0.717) is 33.9 Å². The van der Waals surface area contributed by atoms with Crippen molar-refractivity contribution >= 4 is 45.8 Å². The summed E-state index contributed by atoms with van der Waals surface area (Å²) in [6.07, 6.45) is 0.780. The monoisotopic (exact) mass is 553 g/mol. The van der Waals surface area contributed by atoms with Crippen LogP contribution in [0.3, 0.4) is 0 Å². The van der Waals surface area contributed by atoms with Gasteiger partial charge in [0.05, 0.1) is 37.1 Å². The summed E-state index contributed by atoms with van der Waals surface area (Å²) < 4.78 is 21.8. The number of esters is 2. The van der Waals surface area contributed by atoms with Gasteiger partial charge in [-0.15, -0.1) is 0 Å². The number of nitrogens with zero attached hydrogens (tertiary/aromatic N) is 5. The minimum absolute atomic E-state index is 0.119. The van der Waals surface area contributed by atoms with Crippen molar-refractivity contribution < 1.29 is 27.9 Å². The largest absolute Gasteiger partial charge is 0.462 e. The van der Waals surface area contributed by atoms with Gasteiger partial charge in [-0.3, -0.25) is 4.90 Å². The molecule has 13 heteroatoms. The minimum atomic E-state index is -0.542. The van der Waals surface area contributed by atoms with E-state index in [0.717, 1.165) is 6.42 Å². The molecule has 0 fully saturated rings. The first-order valence-corrected chi connectivity index (χ1v) is 13.1. The molecular weight excluding hydrogens is 518 g/mol. The molecule has 4 aromatic rings. The van der Waals surface area contributed by atoms with E-state index in [1.165, 1.54) is 0 Å². The van der Waals surface area contributed by atoms with Crippen LogP contribution in [0.25, 0.3) is 22.2 Å². The molecule has 0 radical (unpaired) electrons. The summed E-state index contributed by atoms with van der Waals surface area (Å²) in [7, 11) is 0. The highest BCUT2D eigenvalue weighted by Crippen LogP contribution is 2.32. The zero-order valence-corrected chi connectivity index (χ0v) is 23.9. The van der Waals surface area contributed by atoms with Gasteiger partial charge in [-0.05, 0) is 48.0 Å². The van der Waals surface area contributed by atoms with E-state index < -0.39 is 11.9 Å². The Bertz CT molecular complexity index is 1480. The fraction of sp³-hybridized carbons (Fsp3) is 0.481. The quantitative estimate of drug-likeness (QED) is 0.268. The van der Waals surface area contributed by atoms with Gasteiger partial charge in [-0.2, -0.15) is 9.97 Å². The third-order valence-corrected chi connectivity index (χ3v) is 6.95. The van der Waals surface area contributed by atoms with Gasteiger partial charge in [0.2, 0.25) is 11.4 Å². The minimum Gasteiger partial charge on any atom is -0.462 e. The first kappa shape index (κ1) is 28.7. The highest BCUT2D eigenvalue weighted by atomic mass is 16.5. The lowest BCUT2D eigenvalue weighted by Crippen LogP contribution is -2.43. The number of carbonyl (C=O) groups is 2. The number of ether oxygens (including phenoxy) is 2. The van der Waals surface area contributed by atoms with Crippen LogP contribution in [0.15, 0.2) is 8.83 Å². The first-order valence-electron chi connectivity index (χ1n) is 13.1. The van der Waals surface area contributed by atoms with Gasteiger partial charge in [0.1, 0.15) is 45.9 Å². The molecule has 0 atom stereocenters. The number of furan rings is 2. The average molecular weight is 554 g/mol. The van der Waals surface area contributed by atoms with E-state index in [1.54, 1.807) is 27.7 Å². The molecule has 13 nitrogen and oxygen atoms in total. The van der Waals surface area contributed by atoms with Crippen molar-refractivity contribution in [1.29, 1.82) is 0 Å². The van der Waals surface area contributed by atoms with Crippen molar-refractivity contribution in [2.75, 3.05) is 24.7 Å². The summed E-state index contributed by atoms with van der Waals surface area (Å²) in [5.74, 6) is 0.643. The topological polar surface area (TPSA) is 186 Å². The lowest BCUT2D eigenvalue weighted by molar-refractivity contribution is 0.0516. The number of aryl methyl sites for hydroxylation is 2. The number of nitrogen functional groups attached to an aromatic ring is 2. The Kier molecular flexibility index (Phi) is 7.96. The van der Waals surface area contributed by atoms with Gasteiger partial charge in [-0.25, -0.2) is 19.6 Å². The van der Waals surface area contributed by atoms with Crippen LogP contribution >= 0.6 is 0 Å². The zero-order chi connectivity index (χ0) is 29.4. The molecule has 0 unspecified atom stereocenters. The van der Waals surface area contributed by atoms with Gasteiger partial charge in [0.25, 0.3) is 0 Å². The van der Waals surface area contributed by atoms with E-state index >= 15 is 0 Å². The smallest absolute Gasteiger partial charge is 0.342 e. The number of aromatic nitrogens is 4. The SMILES string of the molecule is CCOC(=O)c1c(C)oc2nc(CN(Cc3nc(N)c4c(C(=O)OCC)c(C)oc4n3)C(C)(C)CC)nc(N)c12. The summed E-state index contributed by atoms with van der Waals surface area (Å²) in [6.45, 7) is 13.9. The fourth-order valence-electron chi connectivity index (χ4n) is 4.46. The zero-order valence-electron chi connectivity index (χ0n) is 23.9. The van der Waals surface area contributed by atoms with Crippen LogP contribution in [0.2, 0.25) is 0 Å². The Balaban J connectivity index is 1.71. The summed E-state index contributed by atoms with van der Waals surface area (Å²) >= 11 is 0. The van der Waals surface area contributed by atoms with Gasteiger partial charge in [0.15, 0.2) is 0 Å². The molecule has 0 saturated carbocycles. The fourth-order valence-corrected chi connectivity index (χ4v) is 4.46. The molecule has 0 bridgehead atoms. The Hall–Kier alpha value is -4.26. The summed E-state index contributed by atoms with van der Waals surface area (Å²) in [5.41, 5.74) is 13.1. The van der Waals surface area contributed by atoms with Crippen molar-refractivity contribution in [3.05, 3.63) is 34.3 Å². The number of anilines is 2. The molecule has 0 saturated heterocycles. The van der Waals surface area contributed by atoms with Gasteiger partial charge < -0.3 is 29.8 Å². The Morgan fingerprint density at radius 1 is 0.775 bits per heavy atom. The lowest BCUT2D eigenvalue weighted by atomic mass is 9.99. The van der Waals surface area contributed by atoms with Crippen LogP contribution in [-0.4, -0.2) is 55.5 Å². The molecule has 0 aliphatic carbocycles. The van der Waals surface area contributed by atoms with Crippen LogP contribution in [0.5, 0.6) is 0 Å². The molecule has 4 N–H and O–H groups in total. The van der Waals surface area contributed by atoms with Crippen LogP contribution < -0.4 is 11.5 Å². The second-order valence-electron chi connectivity index (χ2n) is 9.94. The summed E-state index contributed by atoms with van der Waals surface area (Å²) in [6, 6.07) is 0. The average Bonchev–Trinajstić information content (AvgIpc) is 3.40. The number of carbonyl (C=O) groups excluding carboxylic acids is 2. The van der Waals surface area contributed by atoms with Crippen molar-refractivity contribution in [3.63, 3.8) is 0 Å². The van der Waals surface area contributed by atoms with E-state index in [4.69, 9.17) is 29.8 Å². The van der Waals surface area contributed by atoms with Crippen LogP contribution in [0, 0.1) is 13.8 Å². The van der Waals surface area contributed by atoms with Crippen molar-refractivity contribution in [2.45, 2.75) is 73.5 Å². The Morgan fingerprint density at radius 3 is 1.52 bits per heavy atom. The Labute approximate surface area is 231 Å². The standard InChI is InChI=1S/C27H35N7O6/c1-8-27(6,7)34(11-15-30-21(28)19-17(25(35)37-9-2)13(4)39-23(19)32-15)12-16-31-22(29)20-18(26(36)38-10-3)14(5)40-24(20)33-16/h8-12H2,1-7H3,(H2,28,30,32)(H2,29,31,33). The van der Waals surface area contributed by atoms with Gasteiger partial charge in [0, 0.05) is 5.54 Å². The molecule has 214 valence electrons. The maximum absolute atomic E-state index is 12.5. The second kappa shape index (κ2) is 11.1. The van der Waals surface area contributed by atoms with Crippen molar-refractivity contribution in [2.24, 2.45) is 0 Å². The Morgan fingerprint density at radius 2 is 1.18 bits per heavy atom. The maximum Gasteiger partial charge on any atom is 0.342 e. The number of hydrogen-bond acceptors (Lipinski definition) is 13. The van der Waals surface area contributed by atoms with Crippen LogP contribution in [0.1, 0.15) is 84.9 Å². The van der Waals surface area contributed by atoms with Gasteiger partial charge in [-0.1, -0.05) is 6.92 Å². The molecule has 0 aliphatic rings.